The number of carbonyl (C=O) groups is 1. The molecule has 0 radical (unpaired) electrons. The standard InChI is InChI=1S/C29H34N4O5S2.ClH/c1-6-32(20-21-10-8-7-9-11-21)40(35,36)23-14-12-22(13-15-23)28(34)33(19-18-31(2)3)29-30-26-24(37-4)16-17-25(38-5)27(26)39-29;/h7-17H,6,18-20H2,1-5H3;1H. The molecule has 220 valence electrons. The van der Waals surface area contributed by atoms with E-state index in [1.54, 1.807) is 37.3 Å². The molecule has 0 aliphatic heterocycles. The van der Waals surface area contributed by atoms with Crippen LogP contribution in [0.25, 0.3) is 10.2 Å². The third-order valence-corrected chi connectivity index (χ3v) is 9.47. The maximum absolute atomic E-state index is 13.8. The number of hydrogen-bond donors (Lipinski definition) is 0. The van der Waals surface area contributed by atoms with Crippen LogP contribution in [0.2, 0.25) is 0 Å². The Kier molecular flexibility index (Phi) is 11.1. The second-order valence-electron chi connectivity index (χ2n) is 9.35. The maximum atomic E-state index is 13.8. The SMILES string of the molecule is CCN(Cc1ccccc1)S(=O)(=O)c1ccc(C(=O)N(CCN(C)C)c2nc3c(OC)ccc(OC)c3s2)cc1.Cl. The lowest BCUT2D eigenvalue weighted by Gasteiger charge is -2.23. The monoisotopic (exact) mass is 618 g/mol. The van der Waals surface area contributed by atoms with Crippen LogP contribution in [0.5, 0.6) is 11.5 Å². The van der Waals surface area contributed by atoms with Crippen LogP contribution in [0, 0.1) is 0 Å². The Morgan fingerprint density at radius 2 is 1.54 bits per heavy atom. The van der Waals surface area contributed by atoms with E-state index >= 15 is 0 Å². The second kappa shape index (κ2) is 14.1. The number of thiazole rings is 1. The molecule has 0 aliphatic carbocycles. The number of carbonyl (C=O) groups excluding carboxylic acids is 1. The van der Waals surface area contributed by atoms with Gasteiger partial charge >= 0.3 is 0 Å². The summed E-state index contributed by atoms with van der Waals surface area (Å²) in [7, 11) is 3.27. The smallest absolute Gasteiger partial charge is 0.260 e. The Labute approximate surface area is 251 Å². The average Bonchev–Trinajstić information content (AvgIpc) is 3.41. The van der Waals surface area contributed by atoms with Crippen molar-refractivity contribution < 1.29 is 22.7 Å². The molecular weight excluding hydrogens is 584 g/mol. The first kappa shape index (κ1) is 32.3. The van der Waals surface area contributed by atoms with Crippen LogP contribution >= 0.6 is 23.7 Å². The molecule has 1 heterocycles. The van der Waals surface area contributed by atoms with E-state index in [-0.39, 0.29) is 29.8 Å². The topological polar surface area (TPSA) is 92.3 Å². The number of rotatable bonds is 12. The third kappa shape index (κ3) is 7.17. The van der Waals surface area contributed by atoms with Gasteiger partial charge in [0.05, 0.1) is 19.1 Å². The first-order chi connectivity index (χ1) is 19.2. The van der Waals surface area contributed by atoms with Crippen molar-refractivity contribution in [2.45, 2.75) is 18.4 Å². The number of halogens is 1. The van der Waals surface area contributed by atoms with Gasteiger partial charge in [-0.3, -0.25) is 9.69 Å². The minimum atomic E-state index is -3.75. The van der Waals surface area contributed by atoms with E-state index in [1.165, 1.54) is 27.8 Å². The first-order valence-corrected chi connectivity index (χ1v) is 15.1. The number of methoxy groups -OCH3 is 2. The van der Waals surface area contributed by atoms with Gasteiger partial charge in [-0.1, -0.05) is 48.6 Å². The highest BCUT2D eigenvalue weighted by atomic mass is 35.5. The van der Waals surface area contributed by atoms with Crippen molar-refractivity contribution in [1.82, 2.24) is 14.2 Å². The minimum absolute atomic E-state index is 0. The number of ether oxygens (including phenoxy) is 2. The molecule has 0 unspecified atom stereocenters. The molecule has 12 heteroatoms. The van der Waals surface area contributed by atoms with Crippen molar-refractivity contribution in [1.29, 1.82) is 0 Å². The van der Waals surface area contributed by atoms with Gasteiger partial charge in [0.15, 0.2) is 5.13 Å². The summed E-state index contributed by atoms with van der Waals surface area (Å²) in [5.74, 6) is 0.952. The highest BCUT2D eigenvalue weighted by molar-refractivity contribution is 7.89. The molecule has 0 saturated heterocycles. The Morgan fingerprint density at radius 1 is 0.902 bits per heavy atom. The summed E-state index contributed by atoms with van der Waals surface area (Å²) < 4.78 is 40.0. The summed E-state index contributed by atoms with van der Waals surface area (Å²) in [4.78, 5) is 22.3. The molecule has 0 N–H and O–H groups in total. The predicted octanol–water partition coefficient (Wildman–Crippen LogP) is 5.15. The van der Waals surface area contributed by atoms with E-state index in [4.69, 9.17) is 14.5 Å². The van der Waals surface area contributed by atoms with Gasteiger partial charge in [0.2, 0.25) is 10.0 Å². The molecule has 0 aliphatic rings. The van der Waals surface area contributed by atoms with Crippen LogP contribution < -0.4 is 14.4 Å². The van der Waals surface area contributed by atoms with Gasteiger partial charge in [-0.05, 0) is 56.1 Å². The molecular formula is C29H35ClN4O5S2. The number of hydrogen-bond acceptors (Lipinski definition) is 8. The van der Waals surface area contributed by atoms with Crippen LogP contribution in [0.4, 0.5) is 5.13 Å². The highest BCUT2D eigenvalue weighted by Crippen LogP contribution is 2.40. The Bertz CT molecular complexity index is 1520. The van der Waals surface area contributed by atoms with Gasteiger partial charge in [0.25, 0.3) is 5.91 Å². The van der Waals surface area contributed by atoms with Crippen molar-refractivity contribution in [2.24, 2.45) is 0 Å². The normalized spacial score (nSPS) is 11.5. The lowest BCUT2D eigenvalue weighted by atomic mass is 10.2. The number of fused-ring (bicyclic) bond motifs is 1. The Balaban J connectivity index is 0.00000462. The fraction of sp³-hybridized carbons (Fsp3) is 0.310. The molecule has 4 rings (SSSR count). The first-order valence-electron chi connectivity index (χ1n) is 12.8. The number of anilines is 1. The molecule has 0 atom stereocenters. The molecule has 4 aromatic rings. The molecule has 1 amide bonds. The summed E-state index contributed by atoms with van der Waals surface area (Å²) in [5.41, 5.74) is 1.88. The van der Waals surface area contributed by atoms with E-state index in [0.29, 0.717) is 47.3 Å². The molecule has 1 aromatic heterocycles. The van der Waals surface area contributed by atoms with Gasteiger partial charge < -0.3 is 14.4 Å². The number of nitrogens with zero attached hydrogens (tertiary/aromatic N) is 4. The quantitative estimate of drug-likeness (QED) is 0.217. The zero-order chi connectivity index (χ0) is 28.9. The van der Waals surface area contributed by atoms with Crippen LogP contribution in [0.15, 0.2) is 71.6 Å². The van der Waals surface area contributed by atoms with E-state index < -0.39 is 10.0 Å². The lowest BCUT2D eigenvalue weighted by Crippen LogP contribution is -2.36. The Morgan fingerprint density at radius 3 is 2.12 bits per heavy atom. The molecule has 0 bridgehead atoms. The van der Waals surface area contributed by atoms with Crippen LogP contribution in [-0.2, 0) is 16.6 Å². The second-order valence-corrected chi connectivity index (χ2v) is 12.3. The van der Waals surface area contributed by atoms with Crippen LogP contribution in [0.3, 0.4) is 0 Å². The van der Waals surface area contributed by atoms with E-state index in [0.717, 1.165) is 10.3 Å². The van der Waals surface area contributed by atoms with Gasteiger partial charge in [-0.2, -0.15) is 4.31 Å². The molecule has 0 saturated carbocycles. The third-order valence-electron chi connectivity index (χ3n) is 6.44. The molecule has 3 aromatic carbocycles. The van der Waals surface area contributed by atoms with E-state index in [1.807, 2.05) is 62.3 Å². The van der Waals surface area contributed by atoms with Gasteiger partial charge in [-0.15, -0.1) is 12.4 Å². The van der Waals surface area contributed by atoms with Crippen LogP contribution in [-0.4, -0.2) is 76.5 Å². The zero-order valence-corrected chi connectivity index (χ0v) is 26.2. The fourth-order valence-corrected chi connectivity index (χ4v) is 6.74. The number of amides is 1. The largest absolute Gasteiger partial charge is 0.495 e. The van der Waals surface area contributed by atoms with Gasteiger partial charge in [0.1, 0.15) is 21.7 Å². The lowest BCUT2D eigenvalue weighted by molar-refractivity contribution is 0.0985. The number of likely N-dealkylation sites (N-methyl/N-ethyl adjacent to an activating group) is 1. The fourth-order valence-electron chi connectivity index (χ4n) is 4.20. The summed E-state index contributed by atoms with van der Waals surface area (Å²) in [6.45, 7) is 3.39. The zero-order valence-electron chi connectivity index (χ0n) is 23.7. The molecule has 0 fully saturated rings. The summed E-state index contributed by atoms with van der Waals surface area (Å²) >= 11 is 1.34. The number of aromatic nitrogens is 1. The number of sulfonamides is 1. The van der Waals surface area contributed by atoms with Gasteiger partial charge in [-0.25, -0.2) is 13.4 Å². The number of benzene rings is 3. The summed E-state index contributed by atoms with van der Waals surface area (Å²) in [6, 6.07) is 19.2. The predicted molar refractivity (Wildman–Crippen MR) is 166 cm³/mol. The van der Waals surface area contributed by atoms with E-state index in [9.17, 15) is 13.2 Å². The van der Waals surface area contributed by atoms with Crippen molar-refractivity contribution in [3.8, 4) is 11.5 Å². The molecule has 0 spiro atoms. The van der Waals surface area contributed by atoms with Gasteiger partial charge in [0, 0.05) is 31.7 Å². The maximum Gasteiger partial charge on any atom is 0.260 e. The Hall–Kier alpha value is -3.22. The molecule has 41 heavy (non-hydrogen) atoms. The van der Waals surface area contributed by atoms with Crippen LogP contribution in [0.1, 0.15) is 22.8 Å². The molecule has 9 nitrogen and oxygen atoms in total. The van der Waals surface area contributed by atoms with Crippen molar-refractivity contribution in [3.63, 3.8) is 0 Å². The average molecular weight is 619 g/mol. The highest BCUT2D eigenvalue weighted by Gasteiger charge is 2.26. The summed E-state index contributed by atoms with van der Waals surface area (Å²) in [6.07, 6.45) is 0. The van der Waals surface area contributed by atoms with E-state index in [2.05, 4.69) is 0 Å². The van der Waals surface area contributed by atoms with Crippen molar-refractivity contribution in [3.05, 3.63) is 77.9 Å². The minimum Gasteiger partial charge on any atom is -0.495 e. The summed E-state index contributed by atoms with van der Waals surface area (Å²) in [5, 5.41) is 0.501. The van der Waals surface area contributed by atoms with Crippen molar-refractivity contribution >= 4 is 55.0 Å². The van der Waals surface area contributed by atoms with Crippen molar-refractivity contribution in [2.75, 3.05) is 52.8 Å².